The summed E-state index contributed by atoms with van der Waals surface area (Å²) in [4.78, 5) is 23.0. The minimum atomic E-state index is -2.67. The van der Waals surface area contributed by atoms with E-state index in [1.807, 2.05) is 28.8 Å². The summed E-state index contributed by atoms with van der Waals surface area (Å²) in [7, 11) is 0. The van der Waals surface area contributed by atoms with Crippen LogP contribution in [-0.4, -0.2) is 32.0 Å². The molecular formula is C19H17F2N5O. The molecule has 1 amide bonds. The summed E-state index contributed by atoms with van der Waals surface area (Å²) < 4.78 is 27.5. The second-order valence-electron chi connectivity index (χ2n) is 6.19. The molecule has 6 nitrogen and oxygen atoms in total. The van der Waals surface area contributed by atoms with Gasteiger partial charge in [0.2, 0.25) is 0 Å². The van der Waals surface area contributed by atoms with E-state index < -0.39 is 12.2 Å². The number of H-pyrrole nitrogens is 1. The van der Waals surface area contributed by atoms with Gasteiger partial charge in [-0.25, -0.2) is 18.7 Å². The summed E-state index contributed by atoms with van der Waals surface area (Å²) in [6, 6.07) is 12.6. The third kappa shape index (κ3) is 3.51. The minimum absolute atomic E-state index is 0.249. The molecule has 2 N–H and O–H groups in total. The Labute approximate surface area is 153 Å². The molecular weight excluding hydrogens is 352 g/mol. The SMILES string of the molecule is O=C(NCCCn1cnc2ccccc21)c1ccc2nc(C(F)F)[nH]c2c1. The number of aryl methyl sites for hydroxylation is 1. The summed E-state index contributed by atoms with van der Waals surface area (Å²) in [5, 5.41) is 2.85. The molecule has 0 aliphatic carbocycles. The zero-order valence-electron chi connectivity index (χ0n) is 14.3. The first kappa shape index (κ1) is 17.1. The highest BCUT2D eigenvalue weighted by molar-refractivity contribution is 5.97. The van der Waals surface area contributed by atoms with Crippen molar-refractivity contribution in [3.05, 3.63) is 60.2 Å². The monoisotopic (exact) mass is 369 g/mol. The second-order valence-corrected chi connectivity index (χ2v) is 6.19. The van der Waals surface area contributed by atoms with Gasteiger partial charge < -0.3 is 14.9 Å². The number of benzene rings is 2. The number of hydrogen-bond donors (Lipinski definition) is 2. The third-order valence-corrected chi connectivity index (χ3v) is 4.36. The van der Waals surface area contributed by atoms with E-state index in [1.54, 1.807) is 18.5 Å². The second kappa shape index (κ2) is 7.14. The topological polar surface area (TPSA) is 75.6 Å². The molecule has 0 saturated heterocycles. The first-order valence-electron chi connectivity index (χ1n) is 8.58. The van der Waals surface area contributed by atoms with E-state index in [2.05, 4.69) is 20.3 Å². The molecule has 0 radical (unpaired) electrons. The normalized spacial score (nSPS) is 11.5. The molecule has 2 heterocycles. The lowest BCUT2D eigenvalue weighted by Gasteiger charge is -2.07. The van der Waals surface area contributed by atoms with Crippen LogP contribution in [-0.2, 0) is 6.54 Å². The van der Waals surface area contributed by atoms with Gasteiger partial charge in [0, 0.05) is 18.7 Å². The molecule has 8 heteroatoms. The molecule has 0 saturated carbocycles. The smallest absolute Gasteiger partial charge is 0.295 e. The van der Waals surface area contributed by atoms with Gasteiger partial charge in [-0.15, -0.1) is 0 Å². The van der Waals surface area contributed by atoms with Crippen LogP contribution in [0.2, 0.25) is 0 Å². The maximum absolute atomic E-state index is 12.7. The quantitative estimate of drug-likeness (QED) is 0.509. The van der Waals surface area contributed by atoms with E-state index in [1.165, 1.54) is 6.07 Å². The molecule has 2 aromatic heterocycles. The summed E-state index contributed by atoms with van der Waals surface area (Å²) in [6.45, 7) is 1.23. The average Bonchev–Trinajstić information content (AvgIpc) is 3.28. The molecule has 0 unspecified atom stereocenters. The number of halogens is 2. The van der Waals surface area contributed by atoms with Crippen LogP contribution in [0, 0.1) is 0 Å². The number of fused-ring (bicyclic) bond motifs is 2. The van der Waals surface area contributed by atoms with Gasteiger partial charge in [-0.1, -0.05) is 12.1 Å². The number of aromatic nitrogens is 4. The van der Waals surface area contributed by atoms with Gasteiger partial charge in [0.15, 0.2) is 5.82 Å². The number of imidazole rings is 2. The van der Waals surface area contributed by atoms with Crippen LogP contribution >= 0.6 is 0 Å². The van der Waals surface area contributed by atoms with Crippen molar-refractivity contribution in [1.29, 1.82) is 0 Å². The summed E-state index contributed by atoms with van der Waals surface area (Å²) >= 11 is 0. The molecule has 2 aromatic carbocycles. The fourth-order valence-electron chi connectivity index (χ4n) is 3.02. The molecule has 0 aliphatic heterocycles. The lowest BCUT2D eigenvalue weighted by atomic mass is 10.2. The van der Waals surface area contributed by atoms with Crippen molar-refractivity contribution in [3.8, 4) is 0 Å². The summed E-state index contributed by atoms with van der Waals surface area (Å²) in [6.07, 6.45) is -0.137. The molecule has 0 spiro atoms. The van der Waals surface area contributed by atoms with E-state index in [0.29, 0.717) is 23.1 Å². The largest absolute Gasteiger partial charge is 0.352 e. The molecule has 0 bridgehead atoms. The number of alkyl halides is 2. The molecule has 0 aliphatic rings. The average molecular weight is 369 g/mol. The van der Waals surface area contributed by atoms with Crippen molar-refractivity contribution in [2.75, 3.05) is 6.54 Å². The Kier molecular flexibility index (Phi) is 4.53. The highest BCUT2D eigenvalue weighted by Gasteiger charge is 2.14. The van der Waals surface area contributed by atoms with Gasteiger partial charge in [-0.2, -0.15) is 0 Å². The number of rotatable bonds is 6. The number of para-hydroxylation sites is 2. The van der Waals surface area contributed by atoms with Gasteiger partial charge in [-0.3, -0.25) is 4.79 Å². The molecule has 0 atom stereocenters. The van der Waals surface area contributed by atoms with Crippen LogP contribution in [0.25, 0.3) is 22.1 Å². The van der Waals surface area contributed by atoms with Crippen molar-refractivity contribution in [2.24, 2.45) is 0 Å². The van der Waals surface area contributed by atoms with E-state index >= 15 is 0 Å². The van der Waals surface area contributed by atoms with E-state index in [9.17, 15) is 13.6 Å². The Bertz CT molecular complexity index is 1100. The number of hydrogen-bond acceptors (Lipinski definition) is 3. The summed E-state index contributed by atoms with van der Waals surface area (Å²) in [5.74, 6) is -0.643. The van der Waals surface area contributed by atoms with Gasteiger partial charge in [-0.05, 0) is 36.8 Å². The Morgan fingerprint density at radius 1 is 1.19 bits per heavy atom. The molecule has 0 fully saturated rings. The van der Waals surface area contributed by atoms with E-state index in [4.69, 9.17) is 0 Å². The van der Waals surface area contributed by atoms with Crippen LogP contribution in [0.15, 0.2) is 48.8 Å². The Hall–Kier alpha value is -3.29. The zero-order chi connectivity index (χ0) is 18.8. The lowest BCUT2D eigenvalue weighted by Crippen LogP contribution is -2.25. The van der Waals surface area contributed by atoms with Crippen molar-refractivity contribution < 1.29 is 13.6 Å². The Morgan fingerprint density at radius 2 is 2.04 bits per heavy atom. The summed E-state index contributed by atoms with van der Waals surface area (Å²) in [5.41, 5.74) is 3.23. The molecule has 4 aromatic rings. The Morgan fingerprint density at radius 3 is 2.89 bits per heavy atom. The fourth-order valence-corrected chi connectivity index (χ4v) is 3.02. The Balaban J connectivity index is 1.35. The van der Waals surface area contributed by atoms with Gasteiger partial charge in [0.1, 0.15) is 0 Å². The standard InChI is InChI=1S/C19H17F2N5O/c20-17(21)18-24-13-7-6-12(10-15(13)25-18)19(27)22-8-3-9-26-11-23-14-4-1-2-5-16(14)26/h1-2,4-7,10-11,17H,3,8-9H2,(H,22,27)(H,24,25). The van der Waals surface area contributed by atoms with E-state index in [0.717, 1.165) is 24.0 Å². The molecule has 4 rings (SSSR count). The maximum Gasteiger partial charge on any atom is 0.295 e. The number of carbonyl (C=O) groups excluding carboxylic acids is 1. The van der Waals surface area contributed by atoms with Gasteiger partial charge >= 0.3 is 0 Å². The van der Waals surface area contributed by atoms with E-state index in [-0.39, 0.29) is 5.91 Å². The number of aromatic amines is 1. The van der Waals surface area contributed by atoms with Crippen LogP contribution < -0.4 is 5.32 Å². The van der Waals surface area contributed by atoms with Crippen molar-refractivity contribution in [1.82, 2.24) is 24.8 Å². The fraction of sp³-hybridized carbons (Fsp3) is 0.211. The number of carbonyl (C=O) groups is 1. The maximum atomic E-state index is 12.7. The van der Waals surface area contributed by atoms with Gasteiger partial charge in [0.25, 0.3) is 12.3 Å². The minimum Gasteiger partial charge on any atom is -0.352 e. The van der Waals surface area contributed by atoms with Gasteiger partial charge in [0.05, 0.1) is 28.4 Å². The highest BCUT2D eigenvalue weighted by Crippen LogP contribution is 2.20. The first-order valence-corrected chi connectivity index (χ1v) is 8.58. The number of nitrogens with zero attached hydrogens (tertiary/aromatic N) is 3. The lowest BCUT2D eigenvalue weighted by molar-refractivity contribution is 0.0953. The van der Waals surface area contributed by atoms with Crippen LogP contribution in [0.1, 0.15) is 29.0 Å². The van der Waals surface area contributed by atoms with Crippen molar-refractivity contribution in [3.63, 3.8) is 0 Å². The predicted octanol–water partition coefficient (Wildman–Crippen LogP) is 3.67. The predicted molar refractivity (Wildman–Crippen MR) is 97.7 cm³/mol. The number of nitrogens with one attached hydrogen (secondary N) is 2. The zero-order valence-corrected chi connectivity index (χ0v) is 14.3. The third-order valence-electron chi connectivity index (χ3n) is 4.36. The van der Waals surface area contributed by atoms with Crippen molar-refractivity contribution in [2.45, 2.75) is 19.4 Å². The van der Waals surface area contributed by atoms with Crippen LogP contribution in [0.4, 0.5) is 8.78 Å². The number of amides is 1. The highest BCUT2D eigenvalue weighted by atomic mass is 19.3. The first-order chi connectivity index (χ1) is 13.1. The van der Waals surface area contributed by atoms with Crippen LogP contribution in [0.3, 0.4) is 0 Å². The molecule has 138 valence electrons. The van der Waals surface area contributed by atoms with Crippen LogP contribution in [0.5, 0.6) is 0 Å². The van der Waals surface area contributed by atoms with Crippen molar-refractivity contribution >= 4 is 28.0 Å². The molecule has 27 heavy (non-hydrogen) atoms.